The number of nitrogens with zero attached hydrogens (tertiary/aromatic N) is 2. The van der Waals surface area contributed by atoms with Crippen LogP contribution < -0.4 is 33.8 Å². The Morgan fingerprint density at radius 1 is 1.02 bits per heavy atom. The maximum atomic E-state index is 14.0. The zero-order valence-electron chi connectivity index (χ0n) is 24.1. The van der Waals surface area contributed by atoms with Crippen molar-refractivity contribution >= 4 is 45.3 Å². The number of esters is 2. The molecule has 1 aromatic heterocycles. The van der Waals surface area contributed by atoms with Crippen LogP contribution in [0.1, 0.15) is 51.8 Å². The van der Waals surface area contributed by atoms with E-state index < -0.39 is 18.0 Å². The topological polar surface area (TPSA) is 115 Å². The fourth-order valence-corrected chi connectivity index (χ4v) is 6.16. The summed E-state index contributed by atoms with van der Waals surface area (Å²) in [6.45, 7) is 9.77. The number of thiazole rings is 1. The van der Waals surface area contributed by atoms with E-state index in [0.717, 1.165) is 0 Å². The summed E-state index contributed by atoms with van der Waals surface area (Å²) in [4.78, 5) is 43.7. The van der Waals surface area contributed by atoms with E-state index >= 15 is 0 Å². The molecule has 222 valence electrons. The lowest BCUT2D eigenvalue weighted by Gasteiger charge is -2.25. The standard InChI is InChI=1S/C30H31BrN2O8S/c1-7-38-21-11-10-19(15-22(21)39-8-2)26-25(29(36)37-6)16(4)32-30-33(26)28(35)24(42-30)14-18-12-20(31)27(41-17(5)34)23(13-18)40-9-3/h10-15,26H,7-9H2,1-6H3/b24-14-. The van der Waals surface area contributed by atoms with Crippen molar-refractivity contribution < 1.29 is 33.3 Å². The van der Waals surface area contributed by atoms with Crippen LogP contribution in [0, 0.1) is 0 Å². The first kappa shape index (κ1) is 31.0. The second kappa shape index (κ2) is 13.4. The van der Waals surface area contributed by atoms with Crippen LogP contribution >= 0.6 is 27.3 Å². The third-order valence-corrected chi connectivity index (χ3v) is 7.76. The molecule has 3 aromatic rings. The second-order valence-corrected chi connectivity index (χ2v) is 10.9. The fourth-order valence-electron chi connectivity index (χ4n) is 4.57. The summed E-state index contributed by atoms with van der Waals surface area (Å²) in [6.07, 6.45) is 1.70. The molecule has 0 aliphatic carbocycles. The van der Waals surface area contributed by atoms with Crippen molar-refractivity contribution in [3.05, 3.63) is 76.9 Å². The molecule has 10 nitrogen and oxygen atoms in total. The molecule has 0 saturated heterocycles. The third kappa shape index (κ3) is 6.29. The predicted octanol–water partition coefficient (Wildman–Crippen LogP) is 4.29. The molecule has 0 amide bonds. The summed E-state index contributed by atoms with van der Waals surface area (Å²) in [6, 6.07) is 7.94. The molecule has 0 N–H and O–H groups in total. The number of allylic oxidation sites excluding steroid dienone is 1. The molecular formula is C30H31BrN2O8S. The molecule has 0 spiro atoms. The van der Waals surface area contributed by atoms with Gasteiger partial charge >= 0.3 is 11.9 Å². The smallest absolute Gasteiger partial charge is 0.338 e. The summed E-state index contributed by atoms with van der Waals surface area (Å²) in [5.41, 5.74) is 1.61. The molecule has 2 aromatic carbocycles. The Bertz CT molecular complexity index is 1740. The van der Waals surface area contributed by atoms with Crippen molar-refractivity contribution in [1.82, 2.24) is 4.57 Å². The molecule has 1 aliphatic heterocycles. The van der Waals surface area contributed by atoms with Gasteiger partial charge in [0.1, 0.15) is 0 Å². The van der Waals surface area contributed by atoms with Crippen LogP contribution in [0.2, 0.25) is 0 Å². The van der Waals surface area contributed by atoms with Crippen LogP contribution in [0.5, 0.6) is 23.0 Å². The monoisotopic (exact) mass is 658 g/mol. The van der Waals surface area contributed by atoms with Gasteiger partial charge in [-0.1, -0.05) is 17.4 Å². The van der Waals surface area contributed by atoms with Gasteiger partial charge in [-0.3, -0.25) is 14.2 Å². The van der Waals surface area contributed by atoms with Crippen molar-refractivity contribution in [3.63, 3.8) is 0 Å². The highest BCUT2D eigenvalue weighted by Gasteiger charge is 2.33. The Morgan fingerprint density at radius 2 is 1.69 bits per heavy atom. The van der Waals surface area contributed by atoms with Crippen LogP contribution in [0.25, 0.3) is 6.08 Å². The van der Waals surface area contributed by atoms with E-state index in [-0.39, 0.29) is 16.9 Å². The van der Waals surface area contributed by atoms with E-state index in [1.165, 1.54) is 29.9 Å². The predicted molar refractivity (Wildman–Crippen MR) is 161 cm³/mol. The molecule has 4 rings (SSSR count). The lowest BCUT2D eigenvalue weighted by Crippen LogP contribution is -2.39. The number of methoxy groups -OCH3 is 1. The Balaban J connectivity index is 1.93. The van der Waals surface area contributed by atoms with Crippen LogP contribution in [0.15, 0.2) is 55.9 Å². The van der Waals surface area contributed by atoms with E-state index in [4.69, 9.17) is 23.7 Å². The highest BCUT2D eigenvalue weighted by molar-refractivity contribution is 9.10. The first-order chi connectivity index (χ1) is 20.1. The van der Waals surface area contributed by atoms with Crippen LogP contribution in [0.4, 0.5) is 0 Å². The molecule has 1 aliphatic rings. The normalized spacial score (nSPS) is 14.6. The number of halogens is 1. The molecule has 42 heavy (non-hydrogen) atoms. The summed E-state index contributed by atoms with van der Waals surface area (Å²) >= 11 is 4.64. The lowest BCUT2D eigenvalue weighted by molar-refractivity contribution is -0.136. The number of hydrogen-bond donors (Lipinski definition) is 0. The number of fused-ring (bicyclic) bond motifs is 1. The quantitative estimate of drug-likeness (QED) is 0.234. The summed E-state index contributed by atoms with van der Waals surface area (Å²) in [7, 11) is 1.29. The number of carbonyl (C=O) groups excluding carboxylic acids is 2. The van der Waals surface area contributed by atoms with E-state index in [2.05, 4.69) is 20.9 Å². The van der Waals surface area contributed by atoms with Crippen molar-refractivity contribution in [2.75, 3.05) is 26.9 Å². The molecule has 12 heteroatoms. The average Bonchev–Trinajstić information content (AvgIpc) is 3.24. The number of rotatable bonds is 10. The van der Waals surface area contributed by atoms with E-state index in [0.29, 0.717) is 67.7 Å². The number of carbonyl (C=O) groups is 2. The molecular weight excluding hydrogens is 628 g/mol. The van der Waals surface area contributed by atoms with E-state index in [1.807, 2.05) is 20.8 Å². The van der Waals surface area contributed by atoms with Gasteiger partial charge in [0, 0.05) is 6.92 Å². The Labute approximate surface area is 255 Å². The van der Waals surface area contributed by atoms with Gasteiger partial charge in [0.2, 0.25) is 0 Å². The van der Waals surface area contributed by atoms with E-state index in [1.54, 1.807) is 43.3 Å². The van der Waals surface area contributed by atoms with Gasteiger partial charge in [-0.2, -0.15) is 0 Å². The highest BCUT2D eigenvalue weighted by atomic mass is 79.9. The Hall–Kier alpha value is -3.90. The zero-order chi connectivity index (χ0) is 30.6. The SMILES string of the molecule is CCOc1ccc(C2C(C(=O)OC)=C(C)N=c3s/c(=C\c4cc(Br)c(OC(C)=O)c(OCC)c4)c(=O)n32)cc1OCC. The Morgan fingerprint density at radius 3 is 2.33 bits per heavy atom. The maximum Gasteiger partial charge on any atom is 0.338 e. The molecule has 0 saturated carbocycles. The number of benzene rings is 2. The van der Waals surface area contributed by atoms with Crippen LogP contribution in [-0.2, 0) is 14.3 Å². The summed E-state index contributed by atoms with van der Waals surface area (Å²) < 4.78 is 30.0. The maximum absolute atomic E-state index is 14.0. The first-order valence-corrected chi connectivity index (χ1v) is 14.9. The van der Waals surface area contributed by atoms with Gasteiger partial charge in [-0.25, -0.2) is 9.79 Å². The highest BCUT2D eigenvalue weighted by Crippen LogP contribution is 2.38. The van der Waals surface area contributed by atoms with Gasteiger partial charge in [0.25, 0.3) is 5.56 Å². The third-order valence-electron chi connectivity index (χ3n) is 6.19. The minimum absolute atomic E-state index is 0.246. The molecule has 1 unspecified atom stereocenters. The first-order valence-electron chi connectivity index (χ1n) is 13.3. The van der Waals surface area contributed by atoms with Gasteiger partial charge in [0.05, 0.1) is 53.2 Å². The molecule has 0 radical (unpaired) electrons. The van der Waals surface area contributed by atoms with Crippen LogP contribution in [-0.4, -0.2) is 43.4 Å². The molecule has 0 bridgehead atoms. The largest absolute Gasteiger partial charge is 0.490 e. The molecule has 2 heterocycles. The zero-order valence-corrected chi connectivity index (χ0v) is 26.5. The summed E-state index contributed by atoms with van der Waals surface area (Å²) in [5, 5.41) is 0. The Kier molecular flexibility index (Phi) is 9.89. The number of ether oxygens (including phenoxy) is 5. The fraction of sp³-hybridized carbons (Fsp3) is 0.333. The van der Waals surface area contributed by atoms with Gasteiger partial charge in [0.15, 0.2) is 27.8 Å². The average molecular weight is 660 g/mol. The number of hydrogen-bond acceptors (Lipinski definition) is 10. The second-order valence-electron chi connectivity index (χ2n) is 9.00. The lowest BCUT2D eigenvalue weighted by atomic mass is 9.95. The van der Waals surface area contributed by atoms with Crippen molar-refractivity contribution in [3.8, 4) is 23.0 Å². The number of aromatic nitrogens is 1. The minimum atomic E-state index is -0.817. The summed E-state index contributed by atoms with van der Waals surface area (Å²) in [5.74, 6) is 0.579. The molecule has 0 fully saturated rings. The van der Waals surface area contributed by atoms with Gasteiger partial charge < -0.3 is 23.7 Å². The molecule has 1 atom stereocenters. The van der Waals surface area contributed by atoms with Crippen molar-refractivity contribution in [1.29, 1.82) is 0 Å². The van der Waals surface area contributed by atoms with Gasteiger partial charge in [-0.15, -0.1) is 0 Å². The minimum Gasteiger partial charge on any atom is -0.490 e. The van der Waals surface area contributed by atoms with E-state index in [9.17, 15) is 14.4 Å². The van der Waals surface area contributed by atoms with Crippen molar-refractivity contribution in [2.45, 2.75) is 40.7 Å². The van der Waals surface area contributed by atoms with Crippen molar-refractivity contribution in [2.24, 2.45) is 4.99 Å². The van der Waals surface area contributed by atoms with Gasteiger partial charge in [-0.05, 0) is 85.1 Å². The van der Waals surface area contributed by atoms with Crippen LogP contribution in [0.3, 0.4) is 0 Å².